The predicted molar refractivity (Wildman–Crippen MR) is 48.0 cm³/mol. The van der Waals surface area contributed by atoms with Crippen molar-refractivity contribution in [3.63, 3.8) is 0 Å². The molecular formula is C6H13IN2O. The van der Waals surface area contributed by atoms with Crippen LogP contribution in [0.15, 0.2) is 0 Å². The van der Waals surface area contributed by atoms with Crippen LogP contribution in [0, 0.1) is 5.92 Å². The van der Waals surface area contributed by atoms with E-state index in [9.17, 15) is 3.07 Å². The fraction of sp³-hybridized carbons (Fsp3) is 1.00. The molecule has 0 heterocycles. The quantitative estimate of drug-likeness (QED) is 0.583. The van der Waals surface area contributed by atoms with Crippen molar-refractivity contribution in [2.45, 2.75) is 25.3 Å². The summed E-state index contributed by atoms with van der Waals surface area (Å²) in [6.45, 7) is 0.787. The van der Waals surface area contributed by atoms with Crippen LogP contribution in [0.3, 0.4) is 0 Å². The van der Waals surface area contributed by atoms with E-state index < -0.39 is 21.5 Å². The SMILES string of the molecule is NC[C@H]1CC[C@H](NI=O)C1. The molecule has 1 rings (SSSR count). The van der Waals surface area contributed by atoms with Gasteiger partial charge in [-0.1, -0.05) is 0 Å². The standard InChI is InChI=1S/C6H13IN2O/c8-4-5-1-2-6(3-5)9-7-10/h5-6H,1-4,8H2,(H,9,10)/t5-,6-/m0/s1. The highest BCUT2D eigenvalue weighted by atomic mass is 127. The Bertz CT molecular complexity index is 120. The maximum Gasteiger partial charge on any atom is 0.237 e. The Kier molecular flexibility index (Phi) is 3.72. The van der Waals surface area contributed by atoms with Gasteiger partial charge in [-0.3, -0.25) is 3.07 Å². The molecule has 0 spiro atoms. The van der Waals surface area contributed by atoms with Gasteiger partial charge in [0.15, 0.2) is 0 Å². The van der Waals surface area contributed by atoms with Crippen molar-refractivity contribution in [1.29, 1.82) is 0 Å². The van der Waals surface area contributed by atoms with Gasteiger partial charge in [0, 0.05) is 6.04 Å². The van der Waals surface area contributed by atoms with Crippen LogP contribution in [0.5, 0.6) is 0 Å². The lowest BCUT2D eigenvalue weighted by atomic mass is 10.1. The summed E-state index contributed by atoms with van der Waals surface area (Å²) in [4.78, 5) is 0. The minimum Gasteiger partial charge on any atom is -0.330 e. The van der Waals surface area contributed by atoms with Crippen molar-refractivity contribution >= 4 is 21.5 Å². The van der Waals surface area contributed by atoms with Gasteiger partial charge in [0.2, 0.25) is 21.5 Å². The molecule has 1 fully saturated rings. The largest absolute Gasteiger partial charge is 0.330 e. The normalized spacial score (nSPS) is 32.9. The Morgan fingerprint density at radius 3 is 2.90 bits per heavy atom. The van der Waals surface area contributed by atoms with Crippen LogP contribution in [0.25, 0.3) is 0 Å². The van der Waals surface area contributed by atoms with E-state index in [1.54, 1.807) is 0 Å². The highest BCUT2D eigenvalue weighted by Gasteiger charge is 2.22. The van der Waals surface area contributed by atoms with Crippen molar-refractivity contribution in [2.24, 2.45) is 11.7 Å². The van der Waals surface area contributed by atoms with Crippen LogP contribution in [0.1, 0.15) is 19.3 Å². The maximum atomic E-state index is 10.2. The molecule has 0 aromatic carbocycles. The lowest BCUT2D eigenvalue weighted by Crippen LogP contribution is -2.18. The number of halogens is 1. The van der Waals surface area contributed by atoms with Gasteiger partial charge in [-0.2, -0.15) is 0 Å². The molecule has 1 aliphatic rings. The van der Waals surface area contributed by atoms with Gasteiger partial charge in [0.25, 0.3) is 0 Å². The zero-order valence-corrected chi connectivity index (χ0v) is 8.00. The second-order valence-corrected chi connectivity index (χ2v) is 3.86. The second-order valence-electron chi connectivity index (χ2n) is 2.80. The van der Waals surface area contributed by atoms with Crippen molar-refractivity contribution in [2.75, 3.05) is 6.54 Å². The molecule has 0 aromatic heterocycles. The number of rotatable bonds is 3. The third-order valence-corrected chi connectivity index (χ3v) is 3.21. The number of hydrogen-bond acceptors (Lipinski definition) is 2. The lowest BCUT2D eigenvalue weighted by molar-refractivity contribution is 0.544. The summed E-state index contributed by atoms with van der Waals surface area (Å²) < 4.78 is 13.3. The van der Waals surface area contributed by atoms with Crippen molar-refractivity contribution in [3.8, 4) is 0 Å². The van der Waals surface area contributed by atoms with E-state index in [-0.39, 0.29) is 0 Å². The molecule has 4 heteroatoms. The molecule has 0 amide bonds. The summed E-state index contributed by atoms with van der Waals surface area (Å²) in [6, 6.07) is 0.499. The molecule has 0 saturated heterocycles. The monoisotopic (exact) mass is 256 g/mol. The van der Waals surface area contributed by atoms with E-state index in [0.29, 0.717) is 12.0 Å². The van der Waals surface area contributed by atoms with Crippen molar-refractivity contribution < 1.29 is 3.07 Å². The molecule has 0 unspecified atom stereocenters. The highest BCUT2D eigenvalue weighted by Crippen LogP contribution is 2.25. The average molecular weight is 256 g/mol. The molecule has 2 atom stereocenters. The number of nitrogens with one attached hydrogen (secondary N) is 1. The zero-order valence-electron chi connectivity index (χ0n) is 5.85. The zero-order chi connectivity index (χ0) is 7.40. The fourth-order valence-electron chi connectivity index (χ4n) is 1.45. The summed E-state index contributed by atoms with van der Waals surface area (Å²) in [6.07, 6.45) is 3.49. The second kappa shape index (κ2) is 4.35. The van der Waals surface area contributed by atoms with E-state index in [0.717, 1.165) is 19.4 Å². The molecule has 0 aliphatic heterocycles. The average Bonchev–Trinajstić information content (AvgIpc) is 2.37. The Hall–Kier alpha value is 0.450. The van der Waals surface area contributed by atoms with Crippen molar-refractivity contribution in [3.05, 3.63) is 0 Å². The van der Waals surface area contributed by atoms with Gasteiger partial charge >= 0.3 is 0 Å². The number of hydrogen-bond donors (Lipinski definition) is 2. The fourth-order valence-corrected chi connectivity index (χ4v) is 2.38. The molecule has 0 radical (unpaired) electrons. The molecule has 60 valence electrons. The summed E-state index contributed by atoms with van der Waals surface area (Å²) in [5.41, 5.74) is 5.50. The van der Waals surface area contributed by atoms with Crippen LogP contribution in [0.4, 0.5) is 0 Å². The molecule has 1 saturated carbocycles. The van der Waals surface area contributed by atoms with Gasteiger partial charge in [-0.25, -0.2) is 3.53 Å². The first-order valence-electron chi connectivity index (χ1n) is 3.58. The third kappa shape index (κ3) is 2.25. The minimum atomic E-state index is -0.971. The first-order chi connectivity index (χ1) is 4.86. The Balaban J connectivity index is 2.21. The van der Waals surface area contributed by atoms with E-state index in [1.807, 2.05) is 0 Å². The van der Waals surface area contributed by atoms with Gasteiger partial charge in [0.1, 0.15) is 0 Å². The molecule has 3 nitrogen and oxygen atoms in total. The summed E-state index contributed by atoms with van der Waals surface area (Å²) in [5.74, 6) is 0.674. The molecule has 10 heavy (non-hydrogen) atoms. The predicted octanol–water partition coefficient (Wildman–Crippen LogP) is 0.935. The number of nitrogens with two attached hydrogens (primary N) is 1. The molecule has 1 aliphatic carbocycles. The van der Waals surface area contributed by atoms with Crippen molar-refractivity contribution in [1.82, 2.24) is 3.53 Å². The summed E-state index contributed by atoms with van der Waals surface area (Å²) in [7, 11) is 0. The minimum absolute atomic E-state index is 0.499. The molecule has 0 aromatic rings. The van der Waals surface area contributed by atoms with E-state index >= 15 is 0 Å². The first kappa shape index (κ1) is 8.55. The lowest BCUT2D eigenvalue weighted by Gasteiger charge is -2.05. The van der Waals surface area contributed by atoms with Crippen LogP contribution in [-0.2, 0) is 3.07 Å². The first-order valence-corrected chi connectivity index (χ1v) is 5.54. The topological polar surface area (TPSA) is 55.1 Å². The summed E-state index contributed by atoms with van der Waals surface area (Å²) >= 11 is -0.971. The highest BCUT2D eigenvalue weighted by molar-refractivity contribution is 14.1. The van der Waals surface area contributed by atoms with Gasteiger partial charge in [0.05, 0.1) is 0 Å². The Morgan fingerprint density at radius 2 is 2.40 bits per heavy atom. The van der Waals surface area contributed by atoms with Crippen LogP contribution in [0.2, 0.25) is 0 Å². The molecule has 0 bridgehead atoms. The molecule has 3 N–H and O–H groups in total. The van der Waals surface area contributed by atoms with Gasteiger partial charge < -0.3 is 5.73 Å². The Morgan fingerprint density at radius 1 is 1.60 bits per heavy atom. The Labute approximate surface area is 71.7 Å². The van der Waals surface area contributed by atoms with Crippen LogP contribution in [-0.4, -0.2) is 12.6 Å². The smallest absolute Gasteiger partial charge is 0.237 e. The third-order valence-electron chi connectivity index (χ3n) is 2.07. The van der Waals surface area contributed by atoms with Crippen LogP contribution >= 0.6 is 21.5 Å². The summed E-state index contributed by atoms with van der Waals surface area (Å²) in [5, 5.41) is 0. The van der Waals surface area contributed by atoms with Gasteiger partial charge in [-0.15, -0.1) is 0 Å². The van der Waals surface area contributed by atoms with E-state index in [4.69, 9.17) is 5.73 Å². The maximum absolute atomic E-state index is 10.2. The van der Waals surface area contributed by atoms with E-state index in [1.165, 1.54) is 6.42 Å². The van der Waals surface area contributed by atoms with E-state index in [2.05, 4.69) is 3.53 Å². The van der Waals surface area contributed by atoms with Gasteiger partial charge in [-0.05, 0) is 31.7 Å². The van der Waals surface area contributed by atoms with Crippen LogP contribution < -0.4 is 9.26 Å². The molecular weight excluding hydrogens is 243 g/mol.